The summed E-state index contributed by atoms with van der Waals surface area (Å²) in [5.41, 5.74) is 1.40. The van der Waals surface area contributed by atoms with E-state index in [4.69, 9.17) is 4.74 Å². The van der Waals surface area contributed by atoms with Crippen molar-refractivity contribution in [1.82, 2.24) is 14.5 Å². The van der Waals surface area contributed by atoms with Gasteiger partial charge in [0.05, 0.1) is 25.9 Å². The van der Waals surface area contributed by atoms with E-state index in [0.29, 0.717) is 29.7 Å². The fourth-order valence-electron chi connectivity index (χ4n) is 2.27. The molecule has 0 radical (unpaired) electrons. The maximum atomic E-state index is 12.0. The molecule has 9 heteroatoms. The molecular weight excluding hydrogens is 328 g/mol. The number of esters is 1. The van der Waals surface area contributed by atoms with Crippen LogP contribution < -0.4 is 5.32 Å². The number of amides is 2. The number of hydrogen-bond acceptors (Lipinski definition) is 6. The van der Waals surface area contributed by atoms with Gasteiger partial charge in [-0.05, 0) is 18.6 Å². The van der Waals surface area contributed by atoms with Gasteiger partial charge in [-0.3, -0.25) is 4.79 Å². The Balaban J connectivity index is 1.96. The number of nitrogens with one attached hydrogen (secondary N) is 1. The standard InChI is InChI=1S/C16H20N4O5/c1-19(16(23)25-3)7-4-5-14(21)18-11-6-8-20-13(9-11)12(10-17-20)15(22)24-2/h6,8-10H,4-5,7H2,1-3H3,(H,18,21). The highest BCUT2D eigenvalue weighted by atomic mass is 16.5. The van der Waals surface area contributed by atoms with Gasteiger partial charge >= 0.3 is 12.1 Å². The van der Waals surface area contributed by atoms with Crippen molar-refractivity contribution in [3.63, 3.8) is 0 Å². The van der Waals surface area contributed by atoms with Crippen molar-refractivity contribution >= 4 is 29.2 Å². The van der Waals surface area contributed by atoms with Gasteiger partial charge in [-0.2, -0.15) is 5.10 Å². The number of methoxy groups -OCH3 is 2. The zero-order valence-corrected chi connectivity index (χ0v) is 14.3. The van der Waals surface area contributed by atoms with Crippen LogP contribution in [0.15, 0.2) is 24.5 Å². The Morgan fingerprint density at radius 2 is 2.04 bits per heavy atom. The van der Waals surface area contributed by atoms with Crippen molar-refractivity contribution < 1.29 is 23.9 Å². The van der Waals surface area contributed by atoms with Crippen LogP contribution in [-0.4, -0.2) is 60.3 Å². The summed E-state index contributed by atoms with van der Waals surface area (Å²) in [5, 5.41) is 6.81. The smallest absolute Gasteiger partial charge is 0.409 e. The van der Waals surface area contributed by atoms with Gasteiger partial charge in [-0.15, -0.1) is 0 Å². The van der Waals surface area contributed by atoms with Crippen LogP contribution in [0.4, 0.5) is 10.5 Å². The molecule has 0 saturated heterocycles. The van der Waals surface area contributed by atoms with E-state index in [2.05, 4.69) is 15.2 Å². The van der Waals surface area contributed by atoms with E-state index in [9.17, 15) is 14.4 Å². The van der Waals surface area contributed by atoms with Crippen molar-refractivity contribution in [2.75, 3.05) is 33.1 Å². The molecule has 0 bridgehead atoms. The number of pyridine rings is 1. The quantitative estimate of drug-likeness (QED) is 0.795. The molecule has 1 N–H and O–H groups in total. The summed E-state index contributed by atoms with van der Waals surface area (Å²) in [7, 11) is 4.20. The molecule has 2 aromatic rings. The zero-order valence-electron chi connectivity index (χ0n) is 14.3. The van der Waals surface area contributed by atoms with Crippen LogP contribution in [0.1, 0.15) is 23.2 Å². The first-order valence-corrected chi connectivity index (χ1v) is 7.61. The lowest BCUT2D eigenvalue weighted by molar-refractivity contribution is -0.116. The first kappa shape index (κ1) is 18.2. The third-order valence-electron chi connectivity index (χ3n) is 3.59. The minimum absolute atomic E-state index is 0.193. The lowest BCUT2D eigenvalue weighted by Crippen LogP contribution is -2.28. The summed E-state index contributed by atoms with van der Waals surface area (Å²) in [4.78, 5) is 36.4. The summed E-state index contributed by atoms with van der Waals surface area (Å²) in [6.45, 7) is 0.411. The minimum Gasteiger partial charge on any atom is -0.465 e. The van der Waals surface area contributed by atoms with Crippen LogP contribution in [0.2, 0.25) is 0 Å². The average molecular weight is 348 g/mol. The lowest BCUT2D eigenvalue weighted by atomic mass is 10.2. The highest BCUT2D eigenvalue weighted by Gasteiger charge is 2.14. The summed E-state index contributed by atoms with van der Waals surface area (Å²) in [6, 6.07) is 3.33. The van der Waals surface area contributed by atoms with Crippen molar-refractivity contribution in [3.8, 4) is 0 Å². The predicted molar refractivity (Wildman–Crippen MR) is 89.4 cm³/mol. The fourth-order valence-corrected chi connectivity index (χ4v) is 2.27. The Bertz CT molecular complexity index is 786. The molecule has 0 aliphatic heterocycles. The Morgan fingerprint density at radius 1 is 1.28 bits per heavy atom. The molecule has 0 fully saturated rings. The number of fused-ring (bicyclic) bond motifs is 1. The zero-order chi connectivity index (χ0) is 18.4. The highest BCUT2D eigenvalue weighted by Crippen LogP contribution is 2.17. The molecule has 0 atom stereocenters. The normalized spacial score (nSPS) is 10.4. The van der Waals surface area contributed by atoms with E-state index in [1.165, 1.54) is 29.8 Å². The Labute approximate surface area is 144 Å². The van der Waals surface area contributed by atoms with Crippen LogP contribution in [0.3, 0.4) is 0 Å². The van der Waals surface area contributed by atoms with E-state index in [1.54, 1.807) is 25.4 Å². The van der Waals surface area contributed by atoms with Gasteiger partial charge in [0.25, 0.3) is 0 Å². The molecule has 2 amide bonds. The van der Waals surface area contributed by atoms with Gasteiger partial charge in [0.15, 0.2) is 0 Å². The third-order valence-corrected chi connectivity index (χ3v) is 3.59. The van der Waals surface area contributed by atoms with Crippen molar-refractivity contribution in [2.24, 2.45) is 0 Å². The number of carbonyl (C=O) groups is 3. The van der Waals surface area contributed by atoms with Crippen LogP contribution in [-0.2, 0) is 14.3 Å². The van der Waals surface area contributed by atoms with Gasteiger partial charge in [-0.1, -0.05) is 0 Å². The molecular formula is C16H20N4O5. The second kappa shape index (κ2) is 8.13. The number of hydrogen-bond donors (Lipinski definition) is 1. The monoisotopic (exact) mass is 348 g/mol. The maximum Gasteiger partial charge on any atom is 0.409 e. The minimum atomic E-state index is -0.496. The van der Waals surface area contributed by atoms with E-state index >= 15 is 0 Å². The van der Waals surface area contributed by atoms with Crippen LogP contribution in [0.25, 0.3) is 5.52 Å². The summed E-state index contributed by atoms with van der Waals surface area (Å²) >= 11 is 0. The van der Waals surface area contributed by atoms with Gasteiger partial charge in [0.2, 0.25) is 5.91 Å². The molecule has 0 aliphatic carbocycles. The third kappa shape index (κ3) is 4.46. The molecule has 0 aliphatic rings. The average Bonchev–Trinajstić information content (AvgIpc) is 3.03. The van der Waals surface area contributed by atoms with Gasteiger partial charge in [-0.25, -0.2) is 14.1 Å². The fraction of sp³-hybridized carbons (Fsp3) is 0.375. The van der Waals surface area contributed by atoms with Crippen LogP contribution >= 0.6 is 0 Å². The van der Waals surface area contributed by atoms with Gasteiger partial charge < -0.3 is 19.7 Å². The van der Waals surface area contributed by atoms with E-state index < -0.39 is 12.1 Å². The number of anilines is 1. The SMILES string of the molecule is COC(=O)c1cnn2ccc(NC(=O)CCCN(C)C(=O)OC)cc12. The van der Waals surface area contributed by atoms with Crippen molar-refractivity contribution in [3.05, 3.63) is 30.1 Å². The lowest BCUT2D eigenvalue weighted by Gasteiger charge is -2.14. The summed E-state index contributed by atoms with van der Waals surface area (Å²) in [6.07, 6.45) is 3.36. The first-order chi connectivity index (χ1) is 12.0. The molecule has 134 valence electrons. The molecule has 0 saturated carbocycles. The Kier molecular flexibility index (Phi) is 5.93. The van der Waals surface area contributed by atoms with Gasteiger partial charge in [0, 0.05) is 31.9 Å². The second-order valence-corrected chi connectivity index (χ2v) is 5.34. The molecule has 2 heterocycles. The molecule has 0 aromatic carbocycles. The molecule has 2 aromatic heterocycles. The van der Waals surface area contributed by atoms with Crippen LogP contribution in [0.5, 0.6) is 0 Å². The summed E-state index contributed by atoms with van der Waals surface area (Å²) < 4.78 is 10.8. The number of aromatic nitrogens is 2. The van der Waals surface area contributed by atoms with Crippen molar-refractivity contribution in [2.45, 2.75) is 12.8 Å². The van der Waals surface area contributed by atoms with Crippen molar-refractivity contribution in [1.29, 1.82) is 0 Å². The highest BCUT2D eigenvalue weighted by molar-refractivity contribution is 5.98. The predicted octanol–water partition coefficient (Wildman–Crippen LogP) is 1.54. The molecule has 25 heavy (non-hydrogen) atoms. The largest absolute Gasteiger partial charge is 0.465 e. The summed E-state index contributed by atoms with van der Waals surface area (Å²) in [5.74, 6) is -0.689. The van der Waals surface area contributed by atoms with E-state index in [-0.39, 0.29) is 12.3 Å². The number of nitrogens with zero attached hydrogens (tertiary/aromatic N) is 3. The van der Waals surface area contributed by atoms with E-state index in [1.807, 2.05) is 0 Å². The van der Waals surface area contributed by atoms with E-state index in [0.717, 1.165) is 0 Å². The molecule has 0 unspecified atom stereocenters. The number of ether oxygens (including phenoxy) is 2. The second-order valence-electron chi connectivity index (χ2n) is 5.34. The topological polar surface area (TPSA) is 102 Å². The Morgan fingerprint density at radius 3 is 2.72 bits per heavy atom. The number of rotatable bonds is 6. The molecule has 2 rings (SSSR count). The maximum absolute atomic E-state index is 12.0. The number of carbonyl (C=O) groups excluding carboxylic acids is 3. The van der Waals surface area contributed by atoms with Gasteiger partial charge in [0.1, 0.15) is 5.56 Å². The molecule has 9 nitrogen and oxygen atoms in total. The first-order valence-electron chi connectivity index (χ1n) is 7.61. The molecule has 0 spiro atoms. The van der Waals surface area contributed by atoms with Crippen LogP contribution in [0, 0.1) is 0 Å². The Hall–Kier alpha value is -3.10.